The van der Waals surface area contributed by atoms with E-state index in [4.69, 9.17) is 4.74 Å². The molecule has 0 heterocycles. The lowest BCUT2D eigenvalue weighted by molar-refractivity contribution is -0.494. The van der Waals surface area contributed by atoms with E-state index < -0.39 is 5.03 Å². The van der Waals surface area contributed by atoms with Crippen LogP contribution >= 0.6 is 0 Å². The average Bonchev–Trinajstić information content (AvgIpc) is 2.19. The van der Waals surface area contributed by atoms with Gasteiger partial charge < -0.3 is 4.74 Å². The fourth-order valence-corrected chi connectivity index (χ4v) is 1.16. The minimum atomic E-state index is -0.436. The van der Waals surface area contributed by atoms with Crippen molar-refractivity contribution in [2.45, 2.75) is 6.92 Å². The Hall–Kier alpha value is -1.78. The number of rotatable bonds is 4. The normalized spacial score (nSPS) is 9.57. The summed E-state index contributed by atoms with van der Waals surface area (Å²) in [5.41, 5.74) is 0.525. The Morgan fingerprint density at radius 1 is 1.57 bits per heavy atom. The maximum Gasteiger partial charge on any atom is 0.165 e. The van der Waals surface area contributed by atoms with Gasteiger partial charge in [-0.3, -0.25) is 0 Å². The zero-order valence-electron chi connectivity index (χ0n) is 8.14. The molecule has 5 nitrogen and oxygen atoms in total. The average molecular weight is 196 g/mol. The van der Waals surface area contributed by atoms with Crippen molar-refractivity contribution in [2.75, 3.05) is 18.7 Å². The van der Waals surface area contributed by atoms with E-state index in [2.05, 4.69) is 0 Å². The highest BCUT2D eigenvalue weighted by Gasteiger charge is 2.14. The van der Waals surface area contributed by atoms with Gasteiger partial charge in [-0.1, -0.05) is 11.1 Å². The molecule has 0 aromatic heterocycles. The summed E-state index contributed by atoms with van der Waals surface area (Å²) in [5.74, 6) is 0.614. The van der Waals surface area contributed by atoms with Crippen molar-refractivity contribution in [1.29, 1.82) is 0 Å². The van der Waals surface area contributed by atoms with Crippen LogP contribution in [0.3, 0.4) is 0 Å². The van der Waals surface area contributed by atoms with E-state index in [0.717, 1.165) is 5.01 Å². The molecule has 1 aromatic carbocycles. The van der Waals surface area contributed by atoms with Gasteiger partial charge in [0.25, 0.3) is 0 Å². The van der Waals surface area contributed by atoms with Crippen LogP contribution in [0.2, 0.25) is 0 Å². The molecule has 14 heavy (non-hydrogen) atoms. The largest absolute Gasteiger partial charge is 0.497 e. The number of nitro groups is 1. The lowest BCUT2D eigenvalue weighted by Crippen LogP contribution is -2.29. The summed E-state index contributed by atoms with van der Waals surface area (Å²) in [6.45, 7) is 2.04. The summed E-state index contributed by atoms with van der Waals surface area (Å²) in [7, 11) is 1.53. The number of nitrogens with zero attached hydrogens (tertiary/aromatic N) is 2. The fourth-order valence-electron chi connectivity index (χ4n) is 1.16. The molecule has 0 atom stereocenters. The molecule has 0 radical (unpaired) electrons. The standard InChI is InChI=1S/C9H12N2O3/c1-3-10(11(12)13)8-5-4-6-9(7-8)14-2/h4-7H,3H2,1-2H3. The molecule has 0 amide bonds. The number of ether oxygens (including phenoxy) is 1. The Balaban J connectivity index is 2.98. The predicted octanol–water partition coefficient (Wildman–Crippen LogP) is 1.71. The van der Waals surface area contributed by atoms with Crippen molar-refractivity contribution < 1.29 is 9.77 Å². The molecule has 0 aliphatic rings. The third-order valence-corrected chi connectivity index (χ3v) is 1.85. The molecule has 1 aromatic rings. The van der Waals surface area contributed by atoms with Crippen molar-refractivity contribution in [3.05, 3.63) is 34.4 Å². The highest BCUT2D eigenvalue weighted by Crippen LogP contribution is 2.20. The van der Waals surface area contributed by atoms with Crippen LogP contribution in [0.15, 0.2) is 24.3 Å². The lowest BCUT2D eigenvalue weighted by Gasteiger charge is -2.12. The van der Waals surface area contributed by atoms with Crippen LogP contribution in [0.5, 0.6) is 5.75 Å². The second-order valence-corrected chi connectivity index (χ2v) is 2.66. The lowest BCUT2D eigenvalue weighted by atomic mass is 10.3. The summed E-state index contributed by atoms with van der Waals surface area (Å²) in [6, 6.07) is 6.78. The molecule has 0 bridgehead atoms. The van der Waals surface area contributed by atoms with Gasteiger partial charge in [0, 0.05) is 6.07 Å². The van der Waals surface area contributed by atoms with Crippen LogP contribution in [0.25, 0.3) is 0 Å². The molecule has 76 valence electrons. The van der Waals surface area contributed by atoms with Gasteiger partial charge in [-0.15, -0.1) is 0 Å². The summed E-state index contributed by atoms with van der Waals surface area (Å²) in [5, 5.41) is 11.2. The Bertz CT molecular complexity index is 328. The predicted molar refractivity (Wildman–Crippen MR) is 53.0 cm³/mol. The van der Waals surface area contributed by atoms with Crippen molar-refractivity contribution in [1.82, 2.24) is 0 Å². The molecular weight excluding hydrogens is 184 g/mol. The Morgan fingerprint density at radius 3 is 2.79 bits per heavy atom. The van der Waals surface area contributed by atoms with E-state index in [1.165, 1.54) is 7.11 Å². The van der Waals surface area contributed by atoms with Gasteiger partial charge in [-0.25, -0.2) is 10.1 Å². The topological polar surface area (TPSA) is 55.6 Å². The van der Waals surface area contributed by atoms with Gasteiger partial charge in [0.15, 0.2) is 5.03 Å². The molecule has 0 saturated heterocycles. The van der Waals surface area contributed by atoms with Crippen molar-refractivity contribution in [3.8, 4) is 5.75 Å². The first-order valence-corrected chi connectivity index (χ1v) is 4.25. The van der Waals surface area contributed by atoms with Crippen LogP contribution < -0.4 is 9.75 Å². The van der Waals surface area contributed by atoms with Gasteiger partial charge in [0.2, 0.25) is 0 Å². The van der Waals surface area contributed by atoms with Crippen molar-refractivity contribution in [2.24, 2.45) is 0 Å². The molecule has 0 fully saturated rings. The zero-order chi connectivity index (χ0) is 10.6. The van der Waals surface area contributed by atoms with E-state index in [0.29, 0.717) is 18.0 Å². The minimum Gasteiger partial charge on any atom is -0.497 e. The van der Waals surface area contributed by atoms with E-state index in [1.54, 1.807) is 31.2 Å². The molecular formula is C9H12N2O3. The van der Waals surface area contributed by atoms with E-state index in [-0.39, 0.29) is 0 Å². The van der Waals surface area contributed by atoms with Gasteiger partial charge >= 0.3 is 0 Å². The zero-order valence-corrected chi connectivity index (χ0v) is 8.14. The van der Waals surface area contributed by atoms with Crippen LogP contribution in [-0.2, 0) is 0 Å². The highest BCUT2D eigenvalue weighted by molar-refractivity contribution is 5.48. The van der Waals surface area contributed by atoms with E-state index in [9.17, 15) is 10.1 Å². The smallest absolute Gasteiger partial charge is 0.165 e. The first-order chi connectivity index (χ1) is 6.69. The molecule has 1 rings (SSSR count). The number of hydrogen-bond acceptors (Lipinski definition) is 3. The van der Waals surface area contributed by atoms with Crippen LogP contribution in [0.4, 0.5) is 5.69 Å². The number of anilines is 1. The van der Waals surface area contributed by atoms with Crippen LogP contribution in [0.1, 0.15) is 6.92 Å². The van der Waals surface area contributed by atoms with Gasteiger partial charge in [0.05, 0.1) is 13.7 Å². The van der Waals surface area contributed by atoms with Gasteiger partial charge in [-0.2, -0.15) is 0 Å². The van der Waals surface area contributed by atoms with E-state index >= 15 is 0 Å². The summed E-state index contributed by atoms with van der Waals surface area (Å²) < 4.78 is 4.98. The Labute approximate surface area is 82.0 Å². The number of hydrogen-bond donors (Lipinski definition) is 0. The first kappa shape index (κ1) is 10.3. The van der Waals surface area contributed by atoms with Gasteiger partial charge in [0.1, 0.15) is 11.4 Å². The van der Waals surface area contributed by atoms with Crippen LogP contribution in [-0.4, -0.2) is 18.7 Å². The van der Waals surface area contributed by atoms with Gasteiger partial charge in [-0.05, 0) is 19.1 Å². The fraction of sp³-hybridized carbons (Fsp3) is 0.333. The molecule has 0 N–H and O–H groups in total. The van der Waals surface area contributed by atoms with E-state index in [1.807, 2.05) is 0 Å². The third-order valence-electron chi connectivity index (χ3n) is 1.85. The molecule has 0 aliphatic carbocycles. The minimum absolute atomic E-state index is 0.320. The summed E-state index contributed by atoms with van der Waals surface area (Å²) in [4.78, 5) is 10.6. The third kappa shape index (κ3) is 2.12. The second kappa shape index (κ2) is 4.45. The molecule has 5 heteroatoms. The monoisotopic (exact) mass is 196 g/mol. The molecule has 0 saturated carbocycles. The summed E-state index contributed by atoms with van der Waals surface area (Å²) in [6.07, 6.45) is 0. The highest BCUT2D eigenvalue weighted by atomic mass is 16.7. The van der Waals surface area contributed by atoms with Crippen molar-refractivity contribution >= 4 is 5.69 Å². The number of hydrazine groups is 1. The van der Waals surface area contributed by atoms with Crippen LogP contribution in [0, 0.1) is 10.1 Å². The molecule has 0 aliphatic heterocycles. The molecule has 0 spiro atoms. The second-order valence-electron chi connectivity index (χ2n) is 2.66. The number of methoxy groups -OCH3 is 1. The SMILES string of the molecule is CCN(c1cccc(OC)c1)[N+](=O)[O-]. The number of benzene rings is 1. The maximum absolute atomic E-state index is 10.6. The Kier molecular flexibility index (Phi) is 3.28. The quantitative estimate of drug-likeness (QED) is 0.543. The van der Waals surface area contributed by atoms with Crippen molar-refractivity contribution in [3.63, 3.8) is 0 Å². The Morgan fingerprint density at radius 2 is 2.29 bits per heavy atom. The maximum atomic E-state index is 10.6. The molecule has 0 unspecified atom stereocenters. The summed E-state index contributed by atoms with van der Waals surface area (Å²) >= 11 is 0. The first-order valence-electron chi connectivity index (χ1n) is 4.25.